The van der Waals surface area contributed by atoms with Crippen molar-refractivity contribution in [2.45, 2.75) is 68.4 Å². The topological polar surface area (TPSA) is 137 Å². The summed E-state index contributed by atoms with van der Waals surface area (Å²) in [7, 11) is 7.49. The molecule has 4 N–H and O–H groups in total. The van der Waals surface area contributed by atoms with Crippen molar-refractivity contribution in [3.63, 3.8) is 0 Å². The van der Waals surface area contributed by atoms with Gasteiger partial charge in [-0.1, -0.05) is 36.6 Å². The van der Waals surface area contributed by atoms with Gasteiger partial charge in [-0.25, -0.2) is 0 Å². The fourth-order valence-corrected chi connectivity index (χ4v) is 7.57. The normalized spacial score (nSPS) is 21.6. The van der Waals surface area contributed by atoms with Crippen LogP contribution in [0.15, 0.2) is 65.6 Å². The summed E-state index contributed by atoms with van der Waals surface area (Å²) in [5, 5.41) is 21.2. The molecule has 2 atom stereocenters. The van der Waals surface area contributed by atoms with Crippen LogP contribution in [0.5, 0.6) is 0 Å². The lowest BCUT2D eigenvalue weighted by Gasteiger charge is -2.50. The van der Waals surface area contributed by atoms with E-state index in [9.17, 15) is 10.1 Å². The van der Waals surface area contributed by atoms with Gasteiger partial charge in [0.2, 0.25) is 0 Å². The number of nitriles is 1. The summed E-state index contributed by atoms with van der Waals surface area (Å²) in [6, 6.07) is 14.7. The van der Waals surface area contributed by atoms with Gasteiger partial charge in [-0.05, 0) is 97.4 Å². The number of carbonyl (C=O) groups excluding carboxylic acids is 1. The first kappa shape index (κ1) is 32.9. The van der Waals surface area contributed by atoms with Crippen LogP contribution in [0.25, 0.3) is 5.70 Å². The number of hydrogen-bond donors (Lipinski definition) is 3. The predicted octanol–water partition coefficient (Wildman–Crippen LogP) is 5.01. The number of aryl methyl sites for hydroxylation is 2. The van der Waals surface area contributed by atoms with E-state index in [0.717, 1.165) is 84.3 Å². The maximum absolute atomic E-state index is 13.1. The molecule has 10 heteroatoms. The van der Waals surface area contributed by atoms with E-state index in [4.69, 9.17) is 11.3 Å². The second-order valence-corrected chi connectivity index (χ2v) is 13.5. The van der Waals surface area contributed by atoms with E-state index < -0.39 is 5.41 Å². The van der Waals surface area contributed by atoms with Crippen LogP contribution in [0.1, 0.15) is 76.7 Å². The molecule has 1 saturated heterocycles. The predicted molar refractivity (Wildman–Crippen MR) is 182 cm³/mol. The number of likely N-dealkylation sites (tertiary alicyclic amines) is 1. The molecule has 2 aromatic rings. The number of rotatable bonds is 11. The standard InChI is InChI=1S/C36H47N9O/c1-24(45-18-7-9-30(45)21-37)22-40-35(16-8-17-35)23-36(34(38)41-42-39)31-14-12-26(25(2)43(3)4)19-27(31)10-11-28-20-29(13-15-32(28)36)33(46)44(5)6/h12-15,19-20,30,40H,1-2,7-11,16-18,22-23H2,3-6H3,(H3,38,39,41). The van der Waals surface area contributed by atoms with Gasteiger partial charge in [0.15, 0.2) is 0 Å². The Morgan fingerprint density at radius 1 is 1.07 bits per heavy atom. The van der Waals surface area contributed by atoms with E-state index in [0.29, 0.717) is 24.9 Å². The molecule has 5 rings (SSSR count). The number of benzene rings is 2. The number of nitrogens with one attached hydrogen (secondary N) is 2. The average Bonchev–Trinajstić information content (AvgIpc) is 3.47. The number of hydrogen-bond acceptors (Lipinski definition) is 7. The fourth-order valence-electron chi connectivity index (χ4n) is 7.57. The van der Waals surface area contributed by atoms with Crippen LogP contribution in [-0.2, 0) is 18.3 Å². The van der Waals surface area contributed by atoms with Gasteiger partial charge in [-0.15, -0.1) is 5.10 Å². The zero-order valence-electron chi connectivity index (χ0n) is 27.7. The van der Waals surface area contributed by atoms with Crippen LogP contribution in [0.2, 0.25) is 0 Å². The molecule has 1 amide bonds. The van der Waals surface area contributed by atoms with Crippen LogP contribution in [0.3, 0.4) is 0 Å². The Labute approximate surface area is 273 Å². The summed E-state index contributed by atoms with van der Waals surface area (Å²) >= 11 is 0. The molecule has 1 heterocycles. The first-order valence-electron chi connectivity index (χ1n) is 16.1. The molecule has 1 saturated carbocycles. The number of fused-ring (bicyclic) bond motifs is 2. The molecular weight excluding hydrogens is 574 g/mol. The number of carbonyl (C=O) groups is 1. The molecule has 0 bridgehead atoms. The van der Waals surface area contributed by atoms with E-state index in [-0.39, 0.29) is 23.3 Å². The largest absolute Gasteiger partial charge is 0.385 e. The molecule has 2 aliphatic carbocycles. The zero-order valence-corrected chi connectivity index (χ0v) is 27.7. The monoisotopic (exact) mass is 621 g/mol. The van der Waals surface area contributed by atoms with E-state index in [2.05, 4.69) is 58.0 Å². The molecule has 0 aromatic heterocycles. The van der Waals surface area contributed by atoms with Gasteiger partial charge in [-0.2, -0.15) is 10.8 Å². The van der Waals surface area contributed by atoms with Crippen LogP contribution in [-0.4, -0.2) is 79.3 Å². The number of amidine groups is 1. The van der Waals surface area contributed by atoms with Gasteiger partial charge in [0, 0.05) is 63.8 Å². The van der Waals surface area contributed by atoms with Gasteiger partial charge in [0.25, 0.3) is 5.91 Å². The van der Waals surface area contributed by atoms with Crippen molar-refractivity contribution < 1.29 is 4.79 Å². The van der Waals surface area contributed by atoms with Gasteiger partial charge in [0.05, 0.1) is 11.5 Å². The third-order valence-electron chi connectivity index (χ3n) is 10.3. The molecule has 0 spiro atoms. The Bertz CT molecular complexity index is 1540. The van der Waals surface area contributed by atoms with Crippen LogP contribution >= 0.6 is 0 Å². The number of nitrogens with zero attached hydrogens (tertiary/aromatic N) is 6. The highest BCUT2D eigenvalue weighted by atomic mass is 16.2. The quantitative estimate of drug-likeness (QED) is 0.140. The van der Waals surface area contributed by atoms with Crippen molar-refractivity contribution in [2.24, 2.45) is 16.1 Å². The Morgan fingerprint density at radius 3 is 2.24 bits per heavy atom. The molecule has 2 aromatic carbocycles. The summed E-state index contributed by atoms with van der Waals surface area (Å²) in [5.74, 6) is 0.199. The van der Waals surface area contributed by atoms with Crippen LogP contribution in [0.4, 0.5) is 0 Å². The van der Waals surface area contributed by atoms with Crippen molar-refractivity contribution in [3.8, 4) is 6.07 Å². The van der Waals surface area contributed by atoms with E-state index in [1.54, 1.807) is 19.0 Å². The summed E-state index contributed by atoms with van der Waals surface area (Å²) in [5.41, 5.74) is 21.2. The van der Waals surface area contributed by atoms with Gasteiger partial charge in [-0.3, -0.25) is 4.79 Å². The van der Waals surface area contributed by atoms with Gasteiger partial charge in [0.1, 0.15) is 11.9 Å². The molecule has 3 aliphatic rings. The second kappa shape index (κ2) is 13.1. The van der Waals surface area contributed by atoms with Crippen molar-refractivity contribution in [1.29, 1.82) is 10.8 Å². The highest BCUT2D eigenvalue weighted by Crippen LogP contribution is 2.50. The summed E-state index contributed by atoms with van der Waals surface area (Å²) in [4.78, 5) is 18.8. The Kier molecular flexibility index (Phi) is 9.36. The maximum atomic E-state index is 13.1. The molecule has 10 nitrogen and oxygen atoms in total. The first-order chi connectivity index (χ1) is 22.0. The van der Waals surface area contributed by atoms with E-state index in [1.807, 2.05) is 37.2 Å². The average molecular weight is 622 g/mol. The highest BCUT2D eigenvalue weighted by molar-refractivity contribution is 5.98. The molecule has 2 fully saturated rings. The smallest absolute Gasteiger partial charge is 0.253 e. The SMILES string of the molecule is C=C(c1ccc2c(c1)CCc1cc(C(=O)N(C)C)ccc1C2(CC1(NCC(=C)N2CCCC2C#N)CCC1)/C(N)=N/N=N)N(C)C. The maximum Gasteiger partial charge on any atom is 0.253 e. The number of amides is 1. The van der Waals surface area contributed by atoms with Crippen molar-refractivity contribution in [2.75, 3.05) is 41.3 Å². The molecular formula is C36H47N9O. The molecule has 0 radical (unpaired) electrons. The van der Waals surface area contributed by atoms with Gasteiger partial charge < -0.3 is 25.8 Å². The third kappa shape index (κ3) is 5.92. The van der Waals surface area contributed by atoms with Crippen molar-refractivity contribution in [1.82, 2.24) is 20.0 Å². The summed E-state index contributed by atoms with van der Waals surface area (Å²) in [6.07, 6.45) is 6.84. The highest BCUT2D eigenvalue weighted by Gasteiger charge is 2.51. The molecule has 1 aliphatic heterocycles. The Balaban J connectivity index is 1.66. The molecule has 46 heavy (non-hydrogen) atoms. The second-order valence-electron chi connectivity index (χ2n) is 13.5. The van der Waals surface area contributed by atoms with Gasteiger partial charge >= 0.3 is 0 Å². The Morgan fingerprint density at radius 2 is 1.70 bits per heavy atom. The Hall–Kier alpha value is -4.49. The molecule has 242 valence electrons. The zero-order chi connectivity index (χ0) is 33.2. The lowest BCUT2D eigenvalue weighted by Crippen LogP contribution is -2.59. The fraction of sp³-hybridized carbons (Fsp3) is 0.472. The van der Waals surface area contributed by atoms with Crippen LogP contribution < -0.4 is 11.1 Å². The number of nitrogens with two attached hydrogens (primary N) is 1. The van der Waals surface area contributed by atoms with Crippen molar-refractivity contribution >= 4 is 17.4 Å². The molecule has 2 unspecified atom stereocenters. The lowest BCUT2D eigenvalue weighted by molar-refractivity contribution is 0.0827. The minimum atomic E-state index is -0.916. The summed E-state index contributed by atoms with van der Waals surface area (Å²) in [6.45, 7) is 10.1. The lowest BCUT2D eigenvalue weighted by atomic mass is 9.59. The van der Waals surface area contributed by atoms with Crippen molar-refractivity contribution in [3.05, 3.63) is 88.6 Å². The first-order valence-corrected chi connectivity index (χ1v) is 16.1. The minimum Gasteiger partial charge on any atom is -0.385 e. The third-order valence-corrected chi connectivity index (χ3v) is 10.3. The van der Waals surface area contributed by atoms with E-state index >= 15 is 0 Å². The van der Waals surface area contributed by atoms with Crippen LogP contribution in [0, 0.1) is 16.9 Å². The minimum absolute atomic E-state index is 0.0595. The van der Waals surface area contributed by atoms with E-state index in [1.165, 1.54) is 0 Å². The summed E-state index contributed by atoms with van der Waals surface area (Å²) < 4.78 is 0.